The molecule has 2 aromatic rings. The average Bonchev–Trinajstić information content (AvgIpc) is 2.69. The summed E-state index contributed by atoms with van der Waals surface area (Å²) in [7, 11) is 1.39. The summed E-state index contributed by atoms with van der Waals surface area (Å²) in [6.07, 6.45) is -3.44. The first kappa shape index (κ1) is 23.5. The number of alkyl halides is 3. The molecular formula is C20H20ClF3N2O4. The van der Waals surface area contributed by atoms with E-state index in [-0.39, 0.29) is 17.3 Å². The van der Waals surface area contributed by atoms with Gasteiger partial charge in [0.2, 0.25) is 5.88 Å². The van der Waals surface area contributed by atoms with Gasteiger partial charge in [0, 0.05) is 19.7 Å². The lowest BCUT2D eigenvalue weighted by molar-refractivity contribution is -0.137. The van der Waals surface area contributed by atoms with Crippen LogP contribution in [0.15, 0.2) is 30.5 Å². The third kappa shape index (κ3) is 6.35. The molecule has 6 nitrogen and oxygen atoms in total. The van der Waals surface area contributed by atoms with Crippen molar-refractivity contribution in [2.24, 2.45) is 0 Å². The van der Waals surface area contributed by atoms with E-state index in [0.29, 0.717) is 24.7 Å². The number of halogens is 4. The number of nitrogens with zero attached hydrogens (tertiary/aromatic N) is 1. The molecule has 0 saturated carbocycles. The molecule has 2 rings (SSSR count). The molecule has 30 heavy (non-hydrogen) atoms. The molecule has 1 amide bonds. The first-order valence-corrected chi connectivity index (χ1v) is 9.41. The quantitative estimate of drug-likeness (QED) is 0.582. The van der Waals surface area contributed by atoms with Crippen molar-refractivity contribution in [3.8, 4) is 11.6 Å². The number of carbonyl (C=O) groups excluding carboxylic acids is 2. The van der Waals surface area contributed by atoms with Crippen LogP contribution in [0.2, 0.25) is 5.02 Å². The molecule has 0 radical (unpaired) electrons. The van der Waals surface area contributed by atoms with Crippen LogP contribution < -0.4 is 10.1 Å². The van der Waals surface area contributed by atoms with Crippen LogP contribution in [0.5, 0.6) is 11.6 Å². The van der Waals surface area contributed by atoms with Gasteiger partial charge in [-0.3, -0.25) is 4.79 Å². The Morgan fingerprint density at radius 1 is 1.30 bits per heavy atom. The van der Waals surface area contributed by atoms with E-state index >= 15 is 0 Å². The largest absolute Gasteiger partial charge is 0.438 e. The van der Waals surface area contributed by atoms with Crippen LogP contribution in [-0.4, -0.2) is 30.5 Å². The number of pyridine rings is 1. The number of benzene rings is 1. The lowest BCUT2D eigenvalue weighted by atomic mass is 9.98. The number of hydrogen-bond donors (Lipinski definition) is 1. The van der Waals surface area contributed by atoms with Crippen LogP contribution in [0.25, 0.3) is 0 Å². The molecule has 1 aromatic heterocycles. The summed E-state index contributed by atoms with van der Waals surface area (Å²) < 4.78 is 48.8. The van der Waals surface area contributed by atoms with E-state index in [1.807, 2.05) is 6.92 Å². The SMILES string of the molecule is CCCc1cc(Oc2ncc(C(F)(F)F)cc2Cl)ccc1CC(C=O)OC(=O)NC. The van der Waals surface area contributed by atoms with Crippen molar-refractivity contribution < 1.29 is 32.2 Å². The topological polar surface area (TPSA) is 77.5 Å². The molecule has 1 unspecified atom stereocenters. The Morgan fingerprint density at radius 2 is 2.03 bits per heavy atom. The molecule has 0 aliphatic rings. The Balaban J connectivity index is 2.24. The van der Waals surface area contributed by atoms with Crippen molar-refractivity contribution in [1.82, 2.24) is 10.3 Å². The predicted molar refractivity (Wildman–Crippen MR) is 104 cm³/mol. The van der Waals surface area contributed by atoms with Gasteiger partial charge >= 0.3 is 12.3 Å². The van der Waals surface area contributed by atoms with Gasteiger partial charge in [0.25, 0.3) is 0 Å². The summed E-state index contributed by atoms with van der Waals surface area (Å²) in [6, 6.07) is 5.71. The molecule has 10 heteroatoms. The van der Waals surface area contributed by atoms with Crippen molar-refractivity contribution in [1.29, 1.82) is 0 Å². The van der Waals surface area contributed by atoms with E-state index in [9.17, 15) is 22.8 Å². The molecule has 0 saturated heterocycles. The molecule has 0 fully saturated rings. The maximum Gasteiger partial charge on any atom is 0.417 e. The normalized spacial score (nSPS) is 12.2. The number of rotatable bonds is 8. The van der Waals surface area contributed by atoms with Gasteiger partial charge in [0.15, 0.2) is 12.4 Å². The minimum absolute atomic E-state index is 0.159. The van der Waals surface area contributed by atoms with Crippen molar-refractivity contribution in [3.05, 3.63) is 52.2 Å². The van der Waals surface area contributed by atoms with Crippen LogP contribution in [0.3, 0.4) is 0 Å². The highest BCUT2D eigenvalue weighted by atomic mass is 35.5. The van der Waals surface area contributed by atoms with Crippen molar-refractivity contribution in [2.75, 3.05) is 7.05 Å². The van der Waals surface area contributed by atoms with Crippen LogP contribution >= 0.6 is 11.6 Å². The van der Waals surface area contributed by atoms with Crippen molar-refractivity contribution >= 4 is 24.0 Å². The maximum absolute atomic E-state index is 12.7. The van der Waals surface area contributed by atoms with E-state index < -0.39 is 23.9 Å². The molecular weight excluding hydrogens is 425 g/mol. The van der Waals surface area contributed by atoms with E-state index in [0.717, 1.165) is 23.6 Å². The molecule has 0 aliphatic carbocycles. The summed E-state index contributed by atoms with van der Waals surface area (Å²) in [5, 5.41) is 2.01. The smallest absolute Gasteiger partial charge is 0.417 e. The maximum atomic E-state index is 12.7. The fourth-order valence-electron chi connectivity index (χ4n) is 2.66. The third-order valence-electron chi connectivity index (χ3n) is 4.08. The number of hydrogen-bond acceptors (Lipinski definition) is 5. The average molecular weight is 445 g/mol. The second-order valence-corrected chi connectivity index (χ2v) is 6.73. The highest BCUT2D eigenvalue weighted by Crippen LogP contribution is 2.35. The zero-order valence-electron chi connectivity index (χ0n) is 16.3. The molecule has 0 spiro atoms. The van der Waals surface area contributed by atoms with Gasteiger partial charge in [-0.05, 0) is 35.7 Å². The van der Waals surface area contributed by atoms with Gasteiger partial charge < -0.3 is 14.8 Å². The number of alkyl carbamates (subject to hydrolysis) is 1. The Bertz CT molecular complexity index is 906. The summed E-state index contributed by atoms with van der Waals surface area (Å²) in [5.41, 5.74) is 0.639. The van der Waals surface area contributed by atoms with Gasteiger partial charge in [-0.1, -0.05) is 31.0 Å². The monoisotopic (exact) mass is 444 g/mol. The summed E-state index contributed by atoms with van der Waals surface area (Å²) in [4.78, 5) is 26.3. The fraction of sp³-hybridized carbons (Fsp3) is 0.350. The van der Waals surface area contributed by atoms with Crippen LogP contribution in [-0.2, 0) is 28.5 Å². The van der Waals surface area contributed by atoms with Gasteiger partial charge in [-0.25, -0.2) is 9.78 Å². The lowest BCUT2D eigenvalue weighted by Crippen LogP contribution is -2.28. The molecule has 0 bridgehead atoms. The van der Waals surface area contributed by atoms with Crippen LogP contribution in [0.4, 0.5) is 18.0 Å². The number of aryl methyl sites for hydroxylation is 1. The highest BCUT2D eigenvalue weighted by molar-refractivity contribution is 6.31. The third-order valence-corrected chi connectivity index (χ3v) is 4.35. The van der Waals surface area contributed by atoms with E-state index in [1.165, 1.54) is 7.05 Å². The number of amides is 1. The summed E-state index contributed by atoms with van der Waals surface area (Å²) >= 11 is 5.89. The van der Waals surface area contributed by atoms with Gasteiger partial charge in [0.1, 0.15) is 10.8 Å². The Labute approximate surface area is 176 Å². The van der Waals surface area contributed by atoms with Gasteiger partial charge in [-0.15, -0.1) is 0 Å². The predicted octanol–water partition coefficient (Wildman–Crippen LogP) is 4.96. The highest BCUT2D eigenvalue weighted by Gasteiger charge is 2.31. The Morgan fingerprint density at radius 3 is 2.60 bits per heavy atom. The second kappa shape index (κ2) is 10.3. The van der Waals surface area contributed by atoms with Crippen LogP contribution in [0.1, 0.15) is 30.0 Å². The molecule has 1 heterocycles. The van der Waals surface area contributed by atoms with E-state index in [4.69, 9.17) is 21.1 Å². The minimum atomic E-state index is -4.56. The van der Waals surface area contributed by atoms with E-state index in [1.54, 1.807) is 18.2 Å². The number of nitrogens with one attached hydrogen (secondary N) is 1. The van der Waals surface area contributed by atoms with Gasteiger partial charge in [0.05, 0.1) is 5.56 Å². The first-order chi connectivity index (χ1) is 14.2. The molecule has 1 aromatic carbocycles. The minimum Gasteiger partial charge on any atom is -0.438 e. The Hall–Kier alpha value is -2.81. The van der Waals surface area contributed by atoms with Crippen molar-refractivity contribution in [3.63, 3.8) is 0 Å². The number of aromatic nitrogens is 1. The zero-order valence-corrected chi connectivity index (χ0v) is 17.0. The number of ether oxygens (including phenoxy) is 2. The van der Waals surface area contributed by atoms with Crippen molar-refractivity contribution in [2.45, 2.75) is 38.5 Å². The lowest BCUT2D eigenvalue weighted by Gasteiger charge is -2.16. The molecule has 162 valence electrons. The second-order valence-electron chi connectivity index (χ2n) is 6.33. The number of aldehydes is 1. The summed E-state index contributed by atoms with van der Waals surface area (Å²) in [5.74, 6) is 0.166. The summed E-state index contributed by atoms with van der Waals surface area (Å²) in [6.45, 7) is 1.96. The zero-order chi connectivity index (χ0) is 22.3. The number of carbonyl (C=O) groups is 2. The molecule has 1 atom stereocenters. The molecule has 0 aliphatic heterocycles. The van der Waals surface area contributed by atoms with E-state index in [2.05, 4.69) is 10.3 Å². The van der Waals surface area contributed by atoms with Gasteiger partial charge in [-0.2, -0.15) is 13.2 Å². The fourth-order valence-corrected chi connectivity index (χ4v) is 2.87. The standard InChI is InChI=1S/C20H20ClF3N2O4/c1-3-4-12-7-15(6-5-13(12)8-16(11-27)30-19(28)25-2)29-18-17(21)9-14(10-26-18)20(22,23)24/h5-7,9-11,16H,3-4,8H2,1-2H3,(H,25,28). The van der Waals surface area contributed by atoms with Crippen LogP contribution in [0, 0.1) is 0 Å². The first-order valence-electron chi connectivity index (χ1n) is 9.04. The Kier molecular flexibility index (Phi) is 8.05. The molecule has 1 N–H and O–H groups in total.